The quantitative estimate of drug-likeness (QED) is 0.835. The van der Waals surface area contributed by atoms with Gasteiger partial charge in [0.25, 0.3) is 0 Å². The zero-order valence-electron chi connectivity index (χ0n) is 10.1. The summed E-state index contributed by atoms with van der Waals surface area (Å²) in [7, 11) is -2.20. The van der Waals surface area contributed by atoms with Crippen molar-refractivity contribution in [3.05, 3.63) is 30.1 Å². The van der Waals surface area contributed by atoms with Crippen LogP contribution < -0.4 is 5.73 Å². The van der Waals surface area contributed by atoms with E-state index in [2.05, 4.69) is 0 Å². The zero-order valence-corrected chi connectivity index (χ0v) is 11.8. The molecule has 0 saturated heterocycles. The molecule has 0 aliphatic rings. The van der Waals surface area contributed by atoms with Crippen molar-refractivity contribution in [1.82, 2.24) is 4.31 Å². The number of benzene rings is 1. The van der Waals surface area contributed by atoms with E-state index < -0.39 is 15.8 Å². The van der Waals surface area contributed by atoms with E-state index in [0.29, 0.717) is 6.42 Å². The van der Waals surface area contributed by atoms with E-state index in [1.54, 1.807) is 6.92 Å². The molecule has 0 fully saturated rings. The van der Waals surface area contributed by atoms with Crippen molar-refractivity contribution in [2.45, 2.75) is 24.3 Å². The lowest BCUT2D eigenvalue weighted by Gasteiger charge is -2.23. The zero-order chi connectivity index (χ0) is 13.9. The molecule has 18 heavy (non-hydrogen) atoms. The number of hydrogen-bond donors (Lipinski definition) is 1. The predicted octanol–water partition coefficient (Wildman–Crippen LogP) is 1.51. The summed E-state index contributed by atoms with van der Waals surface area (Å²) in [6.07, 6.45) is 0.298. The topological polar surface area (TPSA) is 63.4 Å². The van der Waals surface area contributed by atoms with Crippen molar-refractivity contribution < 1.29 is 12.8 Å². The first kappa shape index (κ1) is 15.0. The van der Waals surface area contributed by atoms with E-state index in [0.717, 1.165) is 12.1 Å². The number of halogens is 1. The van der Waals surface area contributed by atoms with Gasteiger partial charge in [0.2, 0.25) is 10.0 Å². The van der Waals surface area contributed by atoms with E-state index in [-0.39, 0.29) is 15.9 Å². The molecule has 0 aromatic heterocycles. The molecule has 7 heteroatoms. The van der Waals surface area contributed by atoms with E-state index in [1.807, 2.05) is 0 Å². The second-order valence-electron chi connectivity index (χ2n) is 3.99. The van der Waals surface area contributed by atoms with Crippen LogP contribution in [-0.2, 0) is 10.0 Å². The molecule has 0 radical (unpaired) electrons. The SMILES string of the molecule is CC(CC(N)=S)N(C)S(=O)(=O)c1ccc(F)cc1. The van der Waals surface area contributed by atoms with E-state index in [9.17, 15) is 12.8 Å². The highest BCUT2D eigenvalue weighted by atomic mass is 32.2. The van der Waals surface area contributed by atoms with Crippen LogP contribution in [0.3, 0.4) is 0 Å². The summed E-state index contributed by atoms with van der Waals surface area (Å²) in [6.45, 7) is 1.71. The van der Waals surface area contributed by atoms with Gasteiger partial charge in [0, 0.05) is 19.5 Å². The van der Waals surface area contributed by atoms with Gasteiger partial charge < -0.3 is 5.73 Å². The van der Waals surface area contributed by atoms with Crippen molar-refractivity contribution >= 4 is 27.2 Å². The second kappa shape index (κ2) is 5.73. The molecule has 1 unspecified atom stereocenters. The minimum absolute atomic E-state index is 0.0428. The molecule has 0 aliphatic heterocycles. The average Bonchev–Trinajstić information content (AvgIpc) is 2.27. The lowest BCUT2D eigenvalue weighted by atomic mass is 10.2. The Morgan fingerprint density at radius 2 is 1.94 bits per heavy atom. The highest BCUT2D eigenvalue weighted by Crippen LogP contribution is 2.18. The Kier molecular flexibility index (Phi) is 4.78. The molecular weight excluding hydrogens is 275 g/mol. The molecule has 4 nitrogen and oxygen atoms in total. The van der Waals surface area contributed by atoms with Crippen LogP contribution in [0.25, 0.3) is 0 Å². The fourth-order valence-corrected chi connectivity index (χ4v) is 3.03. The Labute approximate surface area is 112 Å². The highest BCUT2D eigenvalue weighted by Gasteiger charge is 2.25. The molecule has 1 aromatic carbocycles. The van der Waals surface area contributed by atoms with E-state index in [4.69, 9.17) is 18.0 Å². The number of sulfonamides is 1. The molecule has 1 aromatic rings. The van der Waals surface area contributed by atoms with Crippen LogP contribution >= 0.6 is 12.2 Å². The summed E-state index contributed by atoms with van der Waals surface area (Å²) in [6, 6.07) is 4.33. The number of hydrogen-bond acceptors (Lipinski definition) is 3. The Balaban J connectivity index is 2.99. The summed E-state index contributed by atoms with van der Waals surface area (Å²) in [5.74, 6) is -0.479. The summed E-state index contributed by atoms with van der Waals surface area (Å²) in [4.78, 5) is 0.296. The molecular formula is C11H15FN2O2S2. The van der Waals surface area contributed by atoms with Crippen LogP contribution in [0.4, 0.5) is 4.39 Å². The van der Waals surface area contributed by atoms with Crippen LogP contribution in [0.2, 0.25) is 0 Å². The average molecular weight is 290 g/mol. The van der Waals surface area contributed by atoms with Gasteiger partial charge in [-0.15, -0.1) is 0 Å². The molecule has 0 bridgehead atoms. The minimum Gasteiger partial charge on any atom is -0.393 e. The van der Waals surface area contributed by atoms with Crippen molar-refractivity contribution in [3.8, 4) is 0 Å². The Bertz CT molecular complexity index is 528. The molecule has 2 N–H and O–H groups in total. The third-order valence-electron chi connectivity index (χ3n) is 2.61. The third kappa shape index (κ3) is 3.47. The van der Waals surface area contributed by atoms with Gasteiger partial charge in [0.15, 0.2) is 0 Å². The fraction of sp³-hybridized carbons (Fsp3) is 0.364. The van der Waals surface area contributed by atoms with Gasteiger partial charge in [-0.25, -0.2) is 12.8 Å². The molecule has 1 rings (SSSR count). The van der Waals surface area contributed by atoms with Crippen LogP contribution in [0.15, 0.2) is 29.2 Å². The molecule has 0 amide bonds. The van der Waals surface area contributed by atoms with Crippen LogP contribution in [-0.4, -0.2) is 30.8 Å². The molecule has 1 atom stereocenters. The summed E-state index contributed by atoms with van der Waals surface area (Å²) >= 11 is 4.75. The van der Waals surface area contributed by atoms with Gasteiger partial charge in [0.05, 0.1) is 9.88 Å². The smallest absolute Gasteiger partial charge is 0.243 e. The predicted molar refractivity (Wildman–Crippen MR) is 72.2 cm³/mol. The standard InChI is InChI=1S/C11H15FN2O2S2/c1-8(7-11(13)17)14(2)18(15,16)10-5-3-9(12)4-6-10/h3-6,8H,7H2,1-2H3,(H2,13,17). The first-order valence-electron chi connectivity index (χ1n) is 5.27. The molecule has 100 valence electrons. The molecule has 0 aliphatic carbocycles. The van der Waals surface area contributed by atoms with Gasteiger partial charge in [-0.2, -0.15) is 4.31 Å². The van der Waals surface area contributed by atoms with Gasteiger partial charge in [-0.3, -0.25) is 0 Å². The lowest BCUT2D eigenvalue weighted by Crippen LogP contribution is -2.37. The largest absolute Gasteiger partial charge is 0.393 e. The van der Waals surface area contributed by atoms with E-state index >= 15 is 0 Å². The minimum atomic E-state index is -3.65. The van der Waals surface area contributed by atoms with Crippen LogP contribution in [0.5, 0.6) is 0 Å². The highest BCUT2D eigenvalue weighted by molar-refractivity contribution is 7.89. The summed E-state index contributed by atoms with van der Waals surface area (Å²) in [5.41, 5.74) is 5.39. The molecule has 0 saturated carbocycles. The normalized spacial score (nSPS) is 13.6. The fourth-order valence-electron chi connectivity index (χ4n) is 1.43. The number of rotatable bonds is 5. The Morgan fingerprint density at radius 1 is 1.44 bits per heavy atom. The second-order valence-corrected chi connectivity index (χ2v) is 6.52. The first-order chi connectivity index (χ1) is 8.25. The Morgan fingerprint density at radius 3 is 2.39 bits per heavy atom. The van der Waals surface area contributed by atoms with Gasteiger partial charge >= 0.3 is 0 Å². The number of nitrogens with two attached hydrogens (primary N) is 1. The molecule has 0 heterocycles. The van der Waals surface area contributed by atoms with Crippen molar-refractivity contribution in [3.63, 3.8) is 0 Å². The first-order valence-corrected chi connectivity index (χ1v) is 7.12. The molecule has 0 spiro atoms. The lowest BCUT2D eigenvalue weighted by molar-refractivity contribution is 0.397. The van der Waals surface area contributed by atoms with Crippen LogP contribution in [0.1, 0.15) is 13.3 Å². The van der Waals surface area contributed by atoms with Crippen molar-refractivity contribution in [2.75, 3.05) is 7.05 Å². The van der Waals surface area contributed by atoms with Crippen LogP contribution in [0, 0.1) is 5.82 Å². The number of nitrogens with zero attached hydrogens (tertiary/aromatic N) is 1. The van der Waals surface area contributed by atoms with Crippen molar-refractivity contribution in [1.29, 1.82) is 0 Å². The van der Waals surface area contributed by atoms with Gasteiger partial charge in [-0.1, -0.05) is 12.2 Å². The van der Waals surface area contributed by atoms with Gasteiger partial charge in [-0.05, 0) is 31.2 Å². The van der Waals surface area contributed by atoms with E-state index in [1.165, 1.54) is 23.5 Å². The summed E-state index contributed by atoms with van der Waals surface area (Å²) in [5, 5.41) is 0. The number of thiocarbonyl (C=S) groups is 1. The maximum absolute atomic E-state index is 12.8. The monoisotopic (exact) mass is 290 g/mol. The Hall–Kier alpha value is -1.05. The maximum atomic E-state index is 12.8. The summed E-state index contributed by atoms with van der Waals surface area (Å²) < 4.78 is 38.3. The maximum Gasteiger partial charge on any atom is 0.243 e. The third-order valence-corrected chi connectivity index (χ3v) is 4.76. The van der Waals surface area contributed by atoms with Crippen molar-refractivity contribution in [2.24, 2.45) is 5.73 Å². The van der Waals surface area contributed by atoms with Gasteiger partial charge in [0.1, 0.15) is 5.82 Å².